The van der Waals surface area contributed by atoms with E-state index in [9.17, 15) is 4.39 Å². The van der Waals surface area contributed by atoms with Crippen LogP contribution in [-0.2, 0) is 5.41 Å². The Balaban J connectivity index is 2.56. The van der Waals surface area contributed by atoms with Gasteiger partial charge in [0.15, 0.2) is 0 Å². The summed E-state index contributed by atoms with van der Waals surface area (Å²) in [6.07, 6.45) is 2.27. The molecular weight excluding hydrogens is 191 g/mol. The van der Waals surface area contributed by atoms with Crippen LogP contribution in [0.5, 0.6) is 0 Å². The van der Waals surface area contributed by atoms with Gasteiger partial charge in [0.2, 0.25) is 0 Å². The first-order valence-corrected chi connectivity index (χ1v) is 5.17. The van der Waals surface area contributed by atoms with Crippen LogP contribution in [0.2, 0.25) is 0 Å². The topological polar surface area (TPSA) is 28.7 Å². The molecule has 80 valence electrons. The third-order valence-electron chi connectivity index (χ3n) is 3.05. The van der Waals surface area contributed by atoms with Crippen molar-refractivity contribution in [2.75, 3.05) is 0 Å². The molecule has 2 heterocycles. The standard InChI is InChI=1S/C12H15FN2/c1-4-12(2,3)10-6-8-5-9(13)7-14-11(8)15-10/h5-7H,4H2,1-3H3,(H,14,15). The van der Waals surface area contributed by atoms with Crippen molar-refractivity contribution in [1.29, 1.82) is 0 Å². The van der Waals surface area contributed by atoms with Crippen molar-refractivity contribution in [2.24, 2.45) is 0 Å². The molecule has 0 aliphatic carbocycles. The third kappa shape index (κ3) is 1.74. The number of fused-ring (bicyclic) bond motifs is 1. The number of hydrogen-bond donors (Lipinski definition) is 1. The quantitative estimate of drug-likeness (QED) is 0.801. The van der Waals surface area contributed by atoms with Crippen LogP contribution in [0.25, 0.3) is 11.0 Å². The molecule has 0 unspecified atom stereocenters. The molecule has 0 aromatic carbocycles. The van der Waals surface area contributed by atoms with Gasteiger partial charge >= 0.3 is 0 Å². The van der Waals surface area contributed by atoms with Gasteiger partial charge in [-0.3, -0.25) is 0 Å². The number of pyridine rings is 1. The van der Waals surface area contributed by atoms with Gasteiger partial charge < -0.3 is 4.98 Å². The molecule has 0 aliphatic rings. The molecule has 1 N–H and O–H groups in total. The predicted octanol–water partition coefficient (Wildman–Crippen LogP) is 3.39. The summed E-state index contributed by atoms with van der Waals surface area (Å²) in [7, 11) is 0. The fourth-order valence-electron chi connectivity index (χ4n) is 1.54. The maximum Gasteiger partial charge on any atom is 0.142 e. The lowest BCUT2D eigenvalue weighted by atomic mass is 9.87. The second kappa shape index (κ2) is 3.33. The van der Waals surface area contributed by atoms with Gasteiger partial charge in [-0.2, -0.15) is 0 Å². The van der Waals surface area contributed by atoms with Crippen molar-refractivity contribution in [3.05, 3.63) is 29.8 Å². The van der Waals surface area contributed by atoms with Crippen LogP contribution in [-0.4, -0.2) is 9.97 Å². The lowest BCUT2D eigenvalue weighted by Gasteiger charge is -2.20. The van der Waals surface area contributed by atoms with Crippen LogP contribution >= 0.6 is 0 Å². The van der Waals surface area contributed by atoms with E-state index < -0.39 is 0 Å². The average molecular weight is 206 g/mol. The van der Waals surface area contributed by atoms with Crippen molar-refractivity contribution in [3.63, 3.8) is 0 Å². The van der Waals surface area contributed by atoms with Gasteiger partial charge in [0.25, 0.3) is 0 Å². The van der Waals surface area contributed by atoms with E-state index >= 15 is 0 Å². The number of halogens is 1. The third-order valence-corrected chi connectivity index (χ3v) is 3.05. The molecule has 0 atom stereocenters. The normalized spacial score (nSPS) is 12.3. The highest BCUT2D eigenvalue weighted by Gasteiger charge is 2.20. The number of rotatable bonds is 2. The zero-order chi connectivity index (χ0) is 11.1. The Hall–Kier alpha value is -1.38. The van der Waals surface area contributed by atoms with Gasteiger partial charge in [0, 0.05) is 16.5 Å². The van der Waals surface area contributed by atoms with Crippen LogP contribution in [0.1, 0.15) is 32.9 Å². The molecule has 2 aromatic heterocycles. The molecule has 0 aliphatic heterocycles. The zero-order valence-electron chi connectivity index (χ0n) is 9.26. The minimum absolute atomic E-state index is 0.0805. The van der Waals surface area contributed by atoms with Crippen LogP contribution in [0.15, 0.2) is 18.3 Å². The van der Waals surface area contributed by atoms with Gasteiger partial charge in [-0.05, 0) is 18.6 Å². The fraction of sp³-hybridized carbons (Fsp3) is 0.417. The minimum atomic E-state index is -0.289. The maximum atomic E-state index is 12.9. The van der Waals surface area contributed by atoms with Gasteiger partial charge in [0.05, 0.1) is 6.20 Å². The van der Waals surface area contributed by atoms with E-state index in [1.807, 2.05) is 6.07 Å². The van der Waals surface area contributed by atoms with Gasteiger partial charge in [0.1, 0.15) is 11.5 Å². The molecule has 0 fully saturated rings. The summed E-state index contributed by atoms with van der Waals surface area (Å²) >= 11 is 0. The molecule has 0 bridgehead atoms. The number of nitrogens with zero attached hydrogens (tertiary/aromatic N) is 1. The largest absolute Gasteiger partial charge is 0.343 e. The fourth-order valence-corrected chi connectivity index (χ4v) is 1.54. The summed E-state index contributed by atoms with van der Waals surface area (Å²) in [5, 5.41) is 0.839. The average Bonchev–Trinajstić information content (AvgIpc) is 2.61. The molecule has 2 nitrogen and oxygen atoms in total. The molecule has 0 radical (unpaired) electrons. The highest BCUT2D eigenvalue weighted by molar-refractivity contribution is 5.76. The molecule has 2 aromatic rings. The molecule has 0 amide bonds. The number of aromatic nitrogens is 2. The number of nitrogens with one attached hydrogen (secondary N) is 1. The predicted molar refractivity (Wildman–Crippen MR) is 59.4 cm³/mol. The Bertz CT molecular complexity index is 485. The van der Waals surface area contributed by atoms with Gasteiger partial charge in [-0.15, -0.1) is 0 Å². The number of H-pyrrole nitrogens is 1. The van der Waals surface area contributed by atoms with Crippen molar-refractivity contribution >= 4 is 11.0 Å². The SMILES string of the molecule is CCC(C)(C)c1cc2cc(F)cnc2[nH]1. The van der Waals surface area contributed by atoms with Crippen LogP contribution < -0.4 is 0 Å². The van der Waals surface area contributed by atoms with E-state index in [4.69, 9.17) is 0 Å². The summed E-state index contributed by atoms with van der Waals surface area (Å²) in [5.74, 6) is -0.289. The summed E-state index contributed by atoms with van der Waals surface area (Å²) < 4.78 is 12.9. The second-order valence-corrected chi connectivity index (χ2v) is 4.51. The maximum absolute atomic E-state index is 12.9. The molecule has 0 saturated heterocycles. The lowest BCUT2D eigenvalue weighted by molar-refractivity contribution is 0.494. The molecule has 15 heavy (non-hydrogen) atoms. The highest BCUT2D eigenvalue weighted by Crippen LogP contribution is 2.28. The van der Waals surface area contributed by atoms with E-state index in [-0.39, 0.29) is 11.2 Å². The van der Waals surface area contributed by atoms with E-state index in [0.29, 0.717) is 0 Å². The molecule has 0 spiro atoms. The highest BCUT2D eigenvalue weighted by atomic mass is 19.1. The Morgan fingerprint density at radius 2 is 2.13 bits per heavy atom. The first-order valence-electron chi connectivity index (χ1n) is 5.17. The molecular formula is C12H15FN2. The number of hydrogen-bond acceptors (Lipinski definition) is 1. The van der Waals surface area contributed by atoms with Gasteiger partial charge in [-0.25, -0.2) is 9.37 Å². The minimum Gasteiger partial charge on any atom is -0.343 e. The Morgan fingerprint density at radius 1 is 1.40 bits per heavy atom. The molecule has 2 rings (SSSR count). The molecule has 0 saturated carbocycles. The van der Waals surface area contributed by atoms with E-state index in [1.165, 1.54) is 12.3 Å². The Kier molecular flexibility index (Phi) is 2.25. The van der Waals surface area contributed by atoms with Crippen molar-refractivity contribution in [1.82, 2.24) is 9.97 Å². The monoisotopic (exact) mass is 206 g/mol. The second-order valence-electron chi connectivity index (χ2n) is 4.51. The first-order chi connectivity index (χ1) is 7.03. The first kappa shape index (κ1) is 10.1. The van der Waals surface area contributed by atoms with Gasteiger partial charge in [-0.1, -0.05) is 20.8 Å². The summed E-state index contributed by atoms with van der Waals surface area (Å²) in [6.45, 7) is 6.46. The number of aromatic amines is 1. The van der Waals surface area contributed by atoms with Crippen LogP contribution in [0.3, 0.4) is 0 Å². The smallest absolute Gasteiger partial charge is 0.142 e. The zero-order valence-corrected chi connectivity index (χ0v) is 9.26. The Labute approximate surface area is 88.5 Å². The summed E-state index contributed by atoms with van der Waals surface area (Å²) in [5.41, 5.74) is 1.95. The van der Waals surface area contributed by atoms with Crippen LogP contribution in [0, 0.1) is 5.82 Å². The summed E-state index contributed by atoms with van der Waals surface area (Å²) in [6, 6.07) is 3.49. The van der Waals surface area contributed by atoms with E-state index in [1.54, 1.807) is 0 Å². The molecule has 3 heteroatoms. The lowest BCUT2D eigenvalue weighted by Crippen LogP contribution is -2.15. The summed E-state index contributed by atoms with van der Waals surface area (Å²) in [4.78, 5) is 7.25. The van der Waals surface area contributed by atoms with Crippen LogP contribution in [0.4, 0.5) is 4.39 Å². The van der Waals surface area contributed by atoms with E-state index in [0.717, 1.165) is 23.1 Å². The van der Waals surface area contributed by atoms with E-state index in [2.05, 4.69) is 30.7 Å². The van der Waals surface area contributed by atoms with Crippen molar-refractivity contribution in [3.8, 4) is 0 Å². The Morgan fingerprint density at radius 3 is 2.80 bits per heavy atom. The van der Waals surface area contributed by atoms with Crippen molar-refractivity contribution in [2.45, 2.75) is 32.6 Å². The van der Waals surface area contributed by atoms with Crippen molar-refractivity contribution < 1.29 is 4.39 Å².